The van der Waals surface area contributed by atoms with Crippen LogP contribution in [-0.2, 0) is 9.59 Å². The summed E-state index contributed by atoms with van der Waals surface area (Å²) in [4.78, 5) is 25.4. The number of nitrogens with zero attached hydrogens (tertiary/aromatic N) is 2. The van der Waals surface area contributed by atoms with Crippen molar-refractivity contribution in [1.29, 1.82) is 0 Å². The van der Waals surface area contributed by atoms with Gasteiger partial charge in [-0.2, -0.15) is 10.1 Å². The second-order valence-corrected chi connectivity index (χ2v) is 7.48. The summed E-state index contributed by atoms with van der Waals surface area (Å²) in [6, 6.07) is 3.23. The van der Waals surface area contributed by atoms with Gasteiger partial charge in [0.2, 0.25) is 0 Å². The number of rotatable bonds is 3. The molecule has 0 radical (unpaired) electrons. The molecule has 1 aliphatic heterocycles. The third kappa shape index (κ3) is 2.49. The van der Waals surface area contributed by atoms with Crippen molar-refractivity contribution in [3.05, 3.63) is 34.3 Å². The number of phenolic OH excluding ortho intramolecular Hbond substituents is 1. The number of halogens is 1. The minimum absolute atomic E-state index is 0.0124. The normalized spacial score (nSPS) is 30.4. The van der Waals surface area contributed by atoms with Crippen molar-refractivity contribution in [2.75, 3.05) is 7.11 Å². The number of allylic oxidation sites excluding steroid dienone is 2. The standard InChI is InChI=1S/C18H17BrN2O4/c1-25-13-7-9(6-12(19)16(13)22)8-20-21-17(23)14-10-2-3-11(5-4-10)15(14)18(21)24/h2-3,6-8,10-11,14-15,22H,4-5H2,1H3/t10-,11-,14-,15-/m0/s1. The Morgan fingerprint density at radius 3 is 2.32 bits per heavy atom. The fourth-order valence-corrected chi connectivity index (χ4v) is 4.58. The first-order valence-corrected chi connectivity index (χ1v) is 8.97. The number of methoxy groups -OCH3 is 1. The van der Waals surface area contributed by atoms with E-state index in [4.69, 9.17) is 4.74 Å². The van der Waals surface area contributed by atoms with Crippen LogP contribution in [0.3, 0.4) is 0 Å². The van der Waals surface area contributed by atoms with Gasteiger partial charge in [0.25, 0.3) is 11.8 Å². The Morgan fingerprint density at radius 1 is 1.20 bits per heavy atom. The number of carbonyl (C=O) groups is 2. The molecule has 0 unspecified atom stereocenters. The minimum Gasteiger partial charge on any atom is -0.503 e. The molecule has 5 rings (SSSR count). The van der Waals surface area contributed by atoms with Crippen LogP contribution in [-0.4, -0.2) is 35.3 Å². The van der Waals surface area contributed by atoms with Crippen molar-refractivity contribution < 1.29 is 19.4 Å². The van der Waals surface area contributed by atoms with Crippen LogP contribution in [0, 0.1) is 23.7 Å². The predicted molar refractivity (Wildman–Crippen MR) is 94.1 cm³/mol. The molecule has 130 valence electrons. The highest BCUT2D eigenvalue weighted by molar-refractivity contribution is 9.10. The summed E-state index contributed by atoms with van der Waals surface area (Å²) in [7, 11) is 1.45. The number of benzene rings is 1. The third-order valence-corrected chi connectivity index (χ3v) is 5.93. The number of fused-ring (bicyclic) bond motifs is 1. The lowest BCUT2D eigenvalue weighted by molar-refractivity contribution is -0.140. The number of phenols is 1. The lowest BCUT2D eigenvalue weighted by Crippen LogP contribution is -2.38. The maximum Gasteiger partial charge on any atom is 0.254 e. The molecular formula is C18H17BrN2O4. The highest BCUT2D eigenvalue weighted by Crippen LogP contribution is 2.49. The molecule has 7 heteroatoms. The quantitative estimate of drug-likeness (QED) is 0.477. The van der Waals surface area contributed by atoms with E-state index in [-0.39, 0.29) is 47.0 Å². The SMILES string of the molecule is COc1cc(C=NN2C(=O)[C@@H]3[C@@H](C2=O)[C@H]2C=C[C@H]3CC2)cc(Br)c1O. The van der Waals surface area contributed by atoms with Crippen LogP contribution in [0.15, 0.2) is 33.9 Å². The summed E-state index contributed by atoms with van der Waals surface area (Å²) in [5.74, 6) is -0.397. The topological polar surface area (TPSA) is 79.2 Å². The smallest absolute Gasteiger partial charge is 0.254 e. The second-order valence-electron chi connectivity index (χ2n) is 6.63. The van der Waals surface area contributed by atoms with Crippen LogP contribution in [0.1, 0.15) is 18.4 Å². The maximum absolute atomic E-state index is 12.7. The molecule has 1 saturated carbocycles. The number of carbonyl (C=O) groups excluding carboxylic acids is 2. The molecule has 6 nitrogen and oxygen atoms in total. The molecule has 1 N–H and O–H groups in total. The maximum atomic E-state index is 12.7. The van der Waals surface area contributed by atoms with Gasteiger partial charge >= 0.3 is 0 Å². The van der Waals surface area contributed by atoms with Crippen molar-refractivity contribution in [2.45, 2.75) is 12.8 Å². The number of hydrazone groups is 1. The summed E-state index contributed by atoms with van der Waals surface area (Å²) < 4.78 is 5.54. The Balaban J connectivity index is 1.62. The van der Waals surface area contributed by atoms with Crippen molar-refractivity contribution in [3.8, 4) is 11.5 Å². The lowest BCUT2D eigenvalue weighted by atomic mass is 9.63. The molecule has 1 saturated heterocycles. The van der Waals surface area contributed by atoms with E-state index in [1.807, 2.05) is 0 Å². The van der Waals surface area contributed by atoms with E-state index >= 15 is 0 Å². The van der Waals surface area contributed by atoms with Crippen LogP contribution in [0.25, 0.3) is 0 Å². The van der Waals surface area contributed by atoms with E-state index in [2.05, 4.69) is 33.2 Å². The van der Waals surface area contributed by atoms with Crippen molar-refractivity contribution >= 4 is 34.0 Å². The summed E-state index contributed by atoms with van der Waals surface area (Å²) in [5.41, 5.74) is 0.609. The van der Waals surface area contributed by atoms with Crippen molar-refractivity contribution in [3.63, 3.8) is 0 Å². The van der Waals surface area contributed by atoms with Gasteiger partial charge in [0.05, 0.1) is 29.6 Å². The Morgan fingerprint density at radius 2 is 1.80 bits per heavy atom. The molecule has 25 heavy (non-hydrogen) atoms. The lowest BCUT2D eigenvalue weighted by Gasteiger charge is -2.37. The molecule has 2 fully saturated rings. The summed E-state index contributed by atoms with van der Waals surface area (Å²) in [5, 5.41) is 15.0. The largest absolute Gasteiger partial charge is 0.503 e. The van der Waals surface area contributed by atoms with Gasteiger partial charge in [-0.05, 0) is 58.3 Å². The summed E-state index contributed by atoms with van der Waals surface area (Å²) >= 11 is 3.24. The number of imide groups is 1. The van der Waals surface area contributed by atoms with Gasteiger partial charge in [-0.15, -0.1) is 0 Å². The van der Waals surface area contributed by atoms with Gasteiger partial charge in [-0.1, -0.05) is 12.2 Å². The number of aromatic hydroxyl groups is 1. The Labute approximate surface area is 153 Å². The van der Waals surface area contributed by atoms with E-state index in [0.717, 1.165) is 17.9 Å². The molecule has 1 heterocycles. The first kappa shape index (κ1) is 16.3. The van der Waals surface area contributed by atoms with Gasteiger partial charge in [-0.3, -0.25) is 9.59 Å². The van der Waals surface area contributed by atoms with Gasteiger partial charge in [0, 0.05) is 0 Å². The minimum atomic E-state index is -0.269. The second kappa shape index (κ2) is 5.98. The average molecular weight is 405 g/mol. The van der Waals surface area contributed by atoms with E-state index in [9.17, 15) is 14.7 Å². The number of hydrogen-bond donors (Lipinski definition) is 1. The first-order chi connectivity index (χ1) is 12.0. The molecule has 2 bridgehead atoms. The predicted octanol–water partition coefficient (Wildman–Crippen LogP) is 2.69. The molecule has 3 aliphatic carbocycles. The fourth-order valence-electron chi connectivity index (χ4n) is 4.12. The zero-order valence-corrected chi connectivity index (χ0v) is 15.1. The molecule has 2 amide bonds. The van der Waals surface area contributed by atoms with E-state index in [1.165, 1.54) is 13.3 Å². The van der Waals surface area contributed by atoms with Crippen LogP contribution < -0.4 is 4.74 Å². The van der Waals surface area contributed by atoms with Crippen molar-refractivity contribution in [1.82, 2.24) is 5.01 Å². The molecule has 0 aromatic heterocycles. The highest BCUT2D eigenvalue weighted by Gasteiger charge is 2.56. The highest BCUT2D eigenvalue weighted by atomic mass is 79.9. The monoisotopic (exact) mass is 404 g/mol. The van der Waals surface area contributed by atoms with Gasteiger partial charge in [0.15, 0.2) is 11.5 Å². The molecule has 4 atom stereocenters. The number of hydrogen-bond acceptors (Lipinski definition) is 5. The fraction of sp³-hybridized carbons (Fsp3) is 0.389. The summed E-state index contributed by atoms with van der Waals surface area (Å²) in [6.45, 7) is 0. The molecule has 0 spiro atoms. The third-order valence-electron chi connectivity index (χ3n) is 5.33. The summed E-state index contributed by atoms with van der Waals surface area (Å²) in [6.07, 6.45) is 7.52. The van der Waals surface area contributed by atoms with Crippen LogP contribution in [0.4, 0.5) is 0 Å². The molecule has 4 aliphatic rings. The average Bonchev–Trinajstić information content (AvgIpc) is 2.90. The van der Waals surface area contributed by atoms with E-state index < -0.39 is 0 Å². The van der Waals surface area contributed by atoms with Gasteiger partial charge in [-0.25, -0.2) is 0 Å². The van der Waals surface area contributed by atoms with Crippen LogP contribution in [0.5, 0.6) is 11.5 Å². The van der Waals surface area contributed by atoms with E-state index in [0.29, 0.717) is 10.0 Å². The van der Waals surface area contributed by atoms with Gasteiger partial charge in [0.1, 0.15) is 0 Å². The van der Waals surface area contributed by atoms with Crippen LogP contribution in [0.2, 0.25) is 0 Å². The number of amides is 2. The zero-order chi connectivity index (χ0) is 17.7. The Kier molecular flexibility index (Phi) is 3.91. The first-order valence-electron chi connectivity index (χ1n) is 8.18. The Hall–Kier alpha value is -2.15. The Bertz CT molecular complexity index is 788. The zero-order valence-electron chi connectivity index (χ0n) is 13.6. The molecule has 1 aromatic carbocycles. The molecule has 1 aromatic rings. The number of ether oxygens (including phenoxy) is 1. The van der Waals surface area contributed by atoms with Gasteiger partial charge < -0.3 is 9.84 Å². The van der Waals surface area contributed by atoms with Crippen molar-refractivity contribution in [2.24, 2.45) is 28.8 Å². The molecular weight excluding hydrogens is 388 g/mol. The van der Waals surface area contributed by atoms with E-state index in [1.54, 1.807) is 12.1 Å². The van der Waals surface area contributed by atoms with Crippen LogP contribution >= 0.6 is 15.9 Å².